The summed E-state index contributed by atoms with van der Waals surface area (Å²) in [7, 11) is 0. The number of ether oxygens (including phenoxy) is 1. The lowest BCUT2D eigenvalue weighted by molar-refractivity contribution is 0.0934. The normalized spacial score (nSPS) is 14.9. The van der Waals surface area contributed by atoms with Crippen molar-refractivity contribution in [2.45, 2.75) is 46.6 Å². The highest BCUT2D eigenvalue weighted by Gasteiger charge is 2.22. The zero-order chi connectivity index (χ0) is 15.7. The van der Waals surface area contributed by atoms with E-state index in [9.17, 15) is 4.79 Å². The molecule has 4 nitrogen and oxygen atoms in total. The fraction of sp³-hybridized carbons (Fsp3) is 0.500. The minimum atomic E-state index is -0.284. The van der Waals surface area contributed by atoms with Gasteiger partial charge in [-0.3, -0.25) is 4.90 Å². The van der Waals surface area contributed by atoms with E-state index in [1.165, 1.54) is 18.4 Å². The number of benzene rings is 1. The molecule has 0 fully saturated rings. The summed E-state index contributed by atoms with van der Waals surface area (Å²) < 4.78 is 11.4. The standard InChI is InChI=1S/C18H23NO3/c1-4-6-7-19-10-14-8-15-13(5-2)9-16(20)22-18(15)12(3)17(14)21-11-19/h8-9H,4-7,10-11H2,1-3H3. The Morgan fingerprint density at radius 2 is 2.09 bits per heavy atom. The molecule has 3 rings (SSSR count). The molecule has 22 heavy (non-hydrogen) atoms. The summed E-state index contributed by atoms with van der Waals surface area (Å²) in [5.41, 5.74) is 3.56. The fourth-order valence-corrected chi connectivity index (χ4v) is 3.15. The summed E-state index contributed by atoms with van der Waals surface area (Å²) in [4.78, 5) is 14.1. The molecular weight excluding hydrogens is 278 g/mol. The number of rotatable bonds is 4. The molecule has 0 unspecified atom stereocenters. The van der Waals surface area contributed by atoms with Crippen molar-refractivity contribution in [3.05, 3.63) is 39.2 Å². The molecule has 2 heterocycles. The Morgan fingerprint density at radius 1 is 1.27 bits per heavy atom. The van der Waals surface area contributed by atoms with Crippen LogP contribution in [0.1, 0.15) is 43.4 Å². The Morgan fingerprint density at radius 3 is 2.82 bits per heavy atom. The maximum Gasteiger partial charge on any atom is 0.336 e. The average Bonchev–Trinajstić information content (AvgIpc) is 2.53. The molecule has 4 heteroatoms. The van der Waals surface area contributed by atoms with E-state index in [-0.39, 0.29) is 5.63 Å². The molecular formula is C18H23NO3. The van der Waals surface area contributed by atoms with Gasteiger partial charge in [0.25, 0.3) is 0 Å². The Balaban J connectivity index is 2.09. The van der Waals surface area contributed by atoms with E-state index in [2.05, 4.69) is 24.8 Å². The molecule has 0 saturated carbocycles. The number of aryl methyl sites for hydroxylation is 2. The predicted molar refractivity (Wildman–Crippen MR) is 87.4 cm³/mol. The van der Waals surface area contributed by atoms with Gasteiger partial charge in [-0.2, -0.15) is 0 Å². The van der Waals surface area contributed by atoms with Crippen molar-refractivity contribution in [1.29, 1.82) is 0 Å². The minimum absolute atomic E-state index is 0.284. The van der Waals surface area contributed by atoms with Crippen LogP contribution in [-0.4, -0.2) is 18.2 Å². The quantitative estimate of drug-likeness (QED) is 0.809. The van der Waals surface area contributed by atoms with Crippen molar-refractivity contribution >= 4 is 11.0 Å². The first-order valence-electron chi connectivity index (χ1n) is 8.08. The maximum absolute atomic E-state index is 11.7. The predicted octanol–water partition coefficient (Wildman–Crippen LogP) is 3.62. The van der Waals surface area contributed by atoms with Crippen molar-refractivity contribution in [2.75, 3.05) is 13.3 Å². The van der Waals surface area contributed by atoms with Gasteiger partial charge in [0.2, 0.25) is 0 Å². The first kappa shape index (κ1) is 15.1. The van der Waals surface area contributed by atoms with Gasteiger partial charge in [-0.25, -0.2) is 4.79 Å². The number of hydrogen-bond acceptors (Lipinski definition) is 4. The Hall–Kier alpha value is -1.81. The molecule has 0 N–H and O–H groups in total. The smallest absolute Gasteiger partial charge is 0.336 e. The highest BCUT2D eigenvalue weighted by molar-refractivity contribution is 5.86. The average molecular weight is 301 g/mol. The van der Waals surface area contributed by atoms with Crippen molar-refractivity contribution in [3.63, 3.8) is 0 Å². The highest BCUT2D eigenvalue weighted by Crippen LogP contribution is 2.35. The molecule has 1 aliphatic rings. The van der Waals surface area contributed by atoms with E-state index in [1.54, 1.807) is 6.07 Å². The van der Waals surface area contributed by atoms with Crippen LogP contribution in [0.2, 0.25) is 0 Å². The molecule has 0 saturated heterocycles. The summed E-state index contributed by atoms with van der Waals surface area (Å²) in [6.07, 6.45) is 3.19. The number of nitrogens with zero attached hydrogens (tertiary/aromatic N) is 1. The van der Waals surface area contributed by atoms with Gasteiger partial charge in [0.1, 0.15) is 18.1 Å². The van der Waals surface area contributed by atoms with E-state index in [0.29, 0.717) is 12.3 Å². The summed E-state index contributed by atoms with van der Waals surface area (Å²) in [6, 6.07) is 3.74. The second kappa shape index (κ2) is 6.13. The molecule has 0 aliphatic carbocycles. The van der Waals surface area contributed by atoms with E-state index in [4.69, 9.17) is 9.15 Å². The van der Waals surface area contributed by atoms with Gasteiger partial charge in [-0.15, -0.1) is 0 Å². The largest absolute Gasteiger partial charge is 0.477 e. The second-order valence-corrected chi connectivity index (χ2v) is 5.99. The van der Waals surface area contributed by atoms with Crippen LogP contribution in [-0.2, 0) is 13.0 Å². The van der Waals surface area contributed by atoms with E-state index in [1.807, 2.05) is 6.92 Å². The Kier molecular flexibility index (Phi) is 4.21. The monoisotopic (exact) mass is 301 g/mol. The molecule has 118 valence electrons. The SMILES string of the molecule is CCCCN1COc2c(cc3c(CC)cc(=O)oc3c2C)C1. The van der Waals surface area contributed by atoms with Crippen LogP contribution in [0.3, 0.4) is 0 Å². The van der Waals surface area contributed by atoms with E-state index in [0.717, 1.165) is 41.8 Å². The summed E-state index contributed by atoms with van der Waals surface area (Å²) >= 11 is 0. The minimum Gasteiger partial charge on any atom is -0.477 e. The van der Waals surface area contributed by atoms with Crippen molar-refractivity contribution < 1.29 is 9.15 Å². The molecule has 0 radical (unpaired) electrons. The number of fused-ring (bicyclic) bond motifs is 2. The van der Waals surface area contributed by atoms with E-state index >= 15 is 0 Å². The van der Waals surface area contributed by atoms with Crippen molar-refractivity contribution in [1.82, 2.24) is 4.90 Å². The molecule has 1 aromatic carbocycles. The first-order chi connectivity index (χ1) is 10.6. The lowest BCUT2D eigenvalue weighted by atomic mass is 9.99. The third-order valence-corrected chi connectivity index (χ3v) is 4.37. The fourth-order valence-electron chi connectivity index (χ4n) is 3.15. The molecule has 0 bridgehead atoms. The van der Waals surface area contributed by atoms with E-state index < -0.39 is 0 Å². The second-order valence-electron chi connectivity index (χ2n) is 5.99. The molecule has 1 aromatic heterocycles. The zero-order valence-electron chi connectivity index (χ0n) is 13.6. The van der Waals surface area contributed by atoms with Gasteiger partial charge in [0, 0.05) is 35.7 Å². The van der Waals surface area contributed by atoms with Gasteiger partial charge in [0.05, 0.1) is 0 Å². The summed E-state index contributed by atoms with van der Waals surface area (Å²) in [5.74, 6) is 0.886. The molecule has 2 aromatic rings. The third-order valence-electron chi connectivity index (χ3n) is 4.37. The zero-order valence-corrected chi connectivity index (χ0v) is 13.6. The topological polar surface area (TPSA) is 42.7 Å². The van der Waals surface area contributed by atoms with Crippen LogP contribution in [0.5, 0.6) is 5.75 Å². The first-order valence-corrected chi connectivity index (χ1v) is 8.08. The van der Waals surface area contributed by atoms with Crippen LogP contribution < -0.4 is 10.4 Å². The number of hydrogen-bond donors (Lipinski definition) is 0. The number of unbranched alkanes of at least 4 members (excludes halogenated alkanes) is 1. The Labute approximate surface area is 130 Å². The van der Waals surface area contributed by atoms with Crippen molar-refractivity contribution in [3.8, 4) is 5.75 Å². The molecule has 0 amide bonds. The maximum atomic E-state index is 11.7. The van der Waals surface area contributed by atoms with Crippen LogP contribution in [0.25, 0.3) is 11.0 Å². The lowest BCUT2D eigenvalue weighted by Crippen LogP contribution is -2.33. The molecule has 0 atom stereocenters. The summed E-state index contributed by atoms with van der Waals surface area (Å²) in [6.45, 7) is 8.80. The van der Waals surface area contributed by atoms with Gasteiger partial charge in [0.15, 0.2) is 0 Å². The Bertz CT molecular complexity index is 748. The van der Waals surface area contributed by atoms with Crippen LogP contribution in [0.4, 0.5) is 0 Å². The van der Waals surface area contributed by atoms with Gasteiger partial charge >= 0.3 is 5.63 Å². The van der Waals surface area contributed by atoms with Gasteiger partial charge < -0.3 is 9.15 Å². The summed E-state index contributed by atoms with van der Waals surface area (Å²) in [5, 5.41) is 1.04. The van der Waals surface area contributed by atoms with Crippen LogP contribution in [0.15, 0.2) is 21.3 Å². The molecule has 1 aliphatic heterocycles. The van der Waals surface area contributed by atoms with Crippen LogP contribution >= 0.6 is 0 Å². The lowest BCUT2D eigenvalue weighted by Gasteiger charge is -2.30. The van der Waals surface area contributed by atoms with Gasteiger partial charge in [-0.1, -0.05) is 20.3 Å². The highest BCUT2D eigenvalue weighted by atomic mass is 16.5. The van der Waals surface area contributed by atoms with Gasteiger partial charge in [-0.05, 0) is 31.4 Å². The van der Waals surface area contributed by atoms with Crippen LogP contribution in [0, 0.1) is 6.92 Å². The van der Waals surface area contributed by atoms with Crippen molar-refractivity contribution in [2.24, 2.45) is 0 Å². The third kappa shape index (κ3) is 2.63. The molecule has 0 spiro atoms.